The van der Waals surface area contributed by atoms with Gasteiger partial charge in [0.05, 0.1) is 24.1 Å². The summed E-state index contributed by atoms with van der Waals surface area (Å²) in [4.78, 5) is 38.9. The Labute approximate surface area is 132 Å². The number of likely N-dealkylation sites (N-methyl/N-ethyl adjacent to an activating group) is 1. The lowest BCUT2D eigenvalue weighted by Crippen LogP contribution is -2.53. The first-order valence-corrected chi connectivity index (χ1v) is 7.44. The van der Waals surface area contributed by atoms with Gasteiger partial charge in [-0.3, -0.25) is 24.3 Å². The lowest BCUT2D eigenvalue weighted by atomic mass is 9.84. The number of imide groups is 1. The second-order valence-electron chi connectivity index (χ2n) is 6.99. The van der Waals surface area contributed by atoms with Crippen molar-refractivity contribution in [1.29, 1.82) is 0 Å². The third-order valence-electron chi connectivity index (χ3n) is 5.05. The SMILES string of the molecule is CN1C(=O)CC2(C1=O)c1cccc(F)c1N1CC(C)(C)C(=O)N12. The van der Waals surface area contributed by atoms with E-state index in [4.69, 9.17) is 0 Å². The molecule has 1 unspecified atom stereocenters. The molecule has 3 aliphatic rings. The molecule has 6 nitrogen and oxygen atoms in total. The van der Waals surface area contributed by atoms with Gasteiger partial charge in [0, 0.05) is 12.6 Å². The Balaban J connectivity index is 2.03. The normalized spacial score (nSPS) is 28.2. The van der Waals surface area contributed by atoms with Crippen molar-refractivity contribution in [2.24, 2.45) is 5.41 Å². The summed E-state index contributed by atoms with van der Waals surface area (Å²) in [7, 11) is 1.40. The van der Waals surface area contributed by atoms with Crippen molar-refractivity contribution in [2.75, 3.05) is 18.6 Å². The molecule has 3 amide bonds. The second kappa shape index (κ2) is 3.90. The molecule has 0 saturated carbocycles. The van der Waals surface area contributed by atoms with Gasteiger partial charge in [0.15, 0.2) is 5.54 Å². The summed E-state index contributed by atoms with van der Waals surface area (Å²) in [6.07, 6.45) is -0.156. The van der Waals surface area contributed by atoms with Crippen molar-refractivity contribution in [1.82, 2.24) is 9.91 Å². The number of halogens is 1. The Kier molecular flexibility index (Phi) is 2.40. The van der Waals surface area contributed by atoms with Crippen molar-refractivity contribution in [3.8, 4) is 0 Å². The van der Waals surface area contributed by atoms with Gasteiger partial charge in [-0.25, -0.2) is 9.40 Å². The Morgan fingerprint density at radius 3 is 2.43 bits per heavy atom. The summed E-state index contributed by atoms with van der Waals surface area (Å²) in [5, 5.41) is 2.84. The van der Waals surface area contributed by atoms with Crippen molar-refractivity contribution in [3.63, 3.8) is 0 Å². The maximum atomic E-state index is 14.5. The van der Waals surface area contributed by atoms with Crippen LogP contribution < -0.4 is 5.01 Å². The van der Waals surface area contributed by atoms with Crippen molar-refractivity contribution < 1.29 is 18.8 Å². The minimum atomic E-state index is -1.45. The number of nitrogens with zero attached hydrogens (tertiary/aromatic N) is 3. The molecule has 0 aliphatic carbocycles. The van der Waals surface area contributed by atoms with E-state index >= 15 is 0 Å². The van der Waals surface area contributed by atoms with E-state index in [2.05, 4.69) is 0 Å². The zero-order chi connectivity index (χ0) is 16.7. The molecule has 2 saturated heterocycles. The number of hydrogen-bond donors (Lipinski definition) is 0. The molecule has 7 heteroatoms. The number of hydrogen-bond acceptors (Lipinski definition) is 4. The number of amides is 3. The molecule has 1 spiro atoms. The topological polar surface area (TPSA) is 60.9 Å². The largest absolute Gasteiger partial charge is 0.283 e. The van der Waals surface area contributed by atoms with Crippen LogP contribution in [0.25, 0.3) is 0 Å². The third-order valence-corrected chi connectivity index (χ3v) is 5.05. The first-order chi connectivity index (χ1) is 10.7. The third kappa shape index (κ3) is 1.40. The highest BCUT2D eigenvalue weighted by atomic mass is 19.1. The van der Waals surface area contributed by atoms with Crippen LogP contribution in [0, 0.1) is 11.2 Å². The number of rotatable bonds is 0. The number of para-hydroxylation sites is 1. The van der Waals surface area contributed by atoms with Crippen LogP contribution in [-0.4, -0.2) is 41.2 Å². The summed E-state index contributed by atoms with van der Waals surface area (Å²) in [6.45, 7) is 3.78. The van der Waals surface area contributed by atoms with Gasteiger partial charge >= 0.3 is 0 Å². The highest BCUT2D eigenvalue weighted by Gasteiger charge is 2.68. The predicted molar refractivity (Wildman–Crippen MR) is 78.4 cm³/mol. The zero-order valence-electron chi connectivity index (χ0n) is 13.1. The van der Waals surface area contributed by atoms with E-state index in [9.17, 15) is 18.8 Å². The van der Waals surface area contributed by atoms with E-state index in [1.807, 2.05) is 0 Å². The number of fused-ring (bicyclic) bond motifs is 5. The van der Waals surface area contributed by atoms with E-state index < -0.39 is 22.7 Å². The first kappa shape index (κ1) is 14.2. The molecule has 0 radical (unpaired) electrons. The number of benzene rings is 1. The van der Waals surface area contributed by atoms with Gasteiger partial charge < -0.3 is 0 Å². The van der Waals surface area contributed by atoms with Crippen molar-refractivity contribution in [3.05, 3.63) is 29.6 Å². The molecule has 2 fully saturated rings. The van der Waals surface area contributed by atoms with Crippen LogP contribution in [0.15, 0.2) is 18.2 Å². The van der Waals surface area contributed by atoms with Crippen LogP contribution in [0.3, 0.4) is 0 Å². The van der Waals surface area contributed by atoms with E-state index in [0.29, 0.717) is 5.56 Å². The summed E-state index contributed by atoms with van der Waals surface area (Å²) < 4.78 is 14.5. The van der Waals surface area contributed by atoms with Gasteiger partial charge in [0.25, 0.3) is 5.91 Å². The fourth-order valence-corrected chi connectivity index (χ4v) is 3.87. The fraction of sp³-hybridized carbons (Fsp3) is 0.438. The molecule has 23 heavy (non-hydrogen) atoms. The smallest absolute Gasteiger partial charge is 0.262 e. The monoisotopic (exact) mass is 317 g/mol. The maximum Gasteiger partial charge on any atom is 0.262 e. The fourth-order valence-electron chi connectivity index (χ4n) is 3.87. The minimum absolute atomic E-state index is 0.156. The molecule has 3 aliphatic heterocycles. The van der Waals surface area contributed by atoms with E-state index in [1.54, 1.807) is 19.9 Å². The van der Waals surface area contributed by atoms with Crippen LogP contribution in [0.4, 0.5) is 10.1 Å². The summed E-state index contributed by atoms with van der Waals surface area (Å²) in [6, 6.07) is 4.43. The molecule has 0 bridgehead atoms. The summed E-state index contributed by atoms with van der Waals surface area (Å²) >= 11 is 0. The molecule has 1 atom stereocenters. The quantitative estimate of drug-likeness (QED) is 0.670. The Morgan fingerprint density at radius 1 is 1.13 bits per heavy atom. The molecule has 120 valence electrons. The number of carbonyl (C=O) groups excluding carboxylic acids is 3. The van der Waals surface area contributed by atoms with Gasteiger partial charge in [-0.2, -0.15) is 0 Å². The van der Waals surface area contributed by atoms with Gasteiger partial charge in [-0.1, -0.05) is 12.1 Å². The van der Waals surface area contributed by atoms with Crippen LogP contribution in [0.5, 0.6) is 0 Å². The van der Waals surface area contributed by atoms with E-state index in [0.717, 1.165) is 4.90 Å². The van der Waals surface area contributed by atoms with Crippen molar-refractivity contribution >= 4 is 23.4 Å². The lowest BCUT2D eigenvalue weighted by Gasteiger charge is -2.33. The highest BCUT2D eigenvalue weighted by Crippen LogP contribution is 2.55. The van der Waals surface area contributed by atoms with Crippen molar-refractivity contribution in [2.45, 2.75) is 25.8 Å². The van der Waals surface area contributed by atoms with Gasteiger partial charge in [-0.05, 0) is 19.9 Å². The second-order valence-corrected chi connectivity index (χ2v) is 6.99. The van der Waals surface area contributed by atoms with E-state index in [1.165, 1.54) is 29.2 Å². The molecule has 0 N–H and O–H groups in total. The van der Waals surface area contributed by atoms with Gasteiger partial charge in [0.2, 0.25) is 11.8 Å². The number of carbonyl (C=O) groups is 3. The van der Waals surface area contributed by atoms with Gasteiger partial charge in [-0.15, -0.1) is 0 Å². The standard InChI is InChI=1S/C16H16FN3O3/c1-15(2)8-19-12-9(5-4-6-10(12)17)16(20(19)13(15)22)7-11(21)18(3)14(16)23/h4-6H,7-8H2,1-3H3. The molecule has 1 aromatic rings. The molecule has 4 rings (SSSR count). The Morgan fingerprint density at radius 2 is 1.83 bits per heavy atom. The first-order valence-electron chi connectivity index (χ1n) is 7.44. The van der Waals surface area contributed by atoms with Crippen LogP contribution in [0.2, 0.25) is 0 Å². The van der Waals surface area contributed by atoms with E-state index in [-0.39, 0.29) is 30.5 Å². The highest BCUT2D eigenvalue weighted by molar-refractivity contribution is 6.12. The summed E-state index contributed by atoms with van der Waals surface area (Å²) in [5.41, 5.74) is -1.59. The molecular weight excluding hydrogens is 301 g/mol. The number of likely N-dealkylation sites (tertiary alicyclic amines) is 1. The average molecular weight is 317 g/mol. The lowest BCUT2D eigenvalue weighted by molar-refractivity contribution is -0.149. The molecular formula is C16H16FN3O3. The Bertz CT molecular complexity index is 791. The number of hydrazine groups is 1. The summed E-state index contributed by atoms with van der Waals surface area (Å²) in [5.74, 6) is -1.62. The number of anilines is 1. The van der Waals surface area contributed by atoms with Crippen LogP contribution in [0.1, 0.15) is 25.8 Å². The maximum absolute atomic E-state index is 14.5. The Hall–Kier alpha value is -2.44. The van der Waals surface area contributed by atoms with Crippen LogP contribution in [-0.2, 0) is 19.9 Å². The minimum Gasteiger partial charge on any atom is -0.283 e. The predicted octanol–water partition coefficient (Wildman–Crippen LogP) is 1.01. The molecule has 0 aromatic heterocycles. The van der Waals surface area contributed by atoms with Crippen LogP contribution >= 0.6 is 0 Å². The molecule has 1 aromatic carbocycles. The zero-order valence-corrected chi connectivity index (χ0v) is 13.1. The average Bonchev–Trinajstić information content (AvgIpc) is 2.97. The molecule has 3 heterocycles. The van der Waals surface area contributed by atoms with Gasteiger partial charge in [0.1, 0.15) is 5.82 Å².